The summed E-state index contributed by atoms with van der Waals surface area (Å²) in [5.74, 6) is -0.160. The molecule has 0 aliphatic heterocycles. The van der Waals surface area contributed by atoms with Crippen LogP contribution in [0.3, 0.4) is 0 Å². The SMILES string of the molecule is CC(=O)Nc1ccc(C(=O)NC2CC2)cc1. The predicted molar refractivity (Wildman–Crippen MR) is 61.2 cm³/mol. The van der Waals surface area contributed by atoms with E-state index in [0.717, 1.165) is 12.8 Å². The Kier molecular flexibility index (Phi) is 2.90. The zero-order valence-electron chi connectivity index (χ0n) is 9.12. The van der Waals surface area contributed by atoms with Crippen molar-refractivity contribution >= 4 is 17.5 Å². The number of carbonyl (C=O) groups excluding carboxylic acids is 2. The molecule has 1 fully saturated rings. The highest BCUT2D eigenvalue weighted by Gasteiger charge is 2.23. The van der Waals surface area contributed by atoms with Crippen molar-refractivity contribution < 1.29 is 9.59 Å². The van der Waals surface area contributed by atoms with Crippen LogP contribution in [0.25, 0.3) is 0 Å². The van der Waals surface area contributed by atoms with Gasteiger partial charge in [-0.05, 0) is 37.1 Å². The maximum Gasteiger partial charge on any atom is 0.251 e. The van der Waals surface area contributed by atoms with Crippen molar-refractivity contribution in [2.24, 2.45) is 0 Å². The van der Waals surface area contributed by atoms with Crippen LogP contribution in [0.2, 0.25) is 0 Å². The van der Waals surface area contributed by atoms with Crippen LogP contribution in [0.4, 0.5) is 5.69 Å². The third kappa shape index (κ3) is 2.82. The van der Waals surface area contributed by atoms with E-state index in [4.69, 9.17) is 0 Å². The van der Waals surface area contributed by atoms with Crippen LogP contribution >= 0.6 is 0 Å². The quantitative estimate of drug-likeness (QED) is 0.808. The lowest BCUT2D eigenvalue weighted by Gasteiger charge is -2.05. The molecule has 2 amide bonds. The molecule has 0 aromatic heterocycles. The highest BCUT2D eigenvalue weighted by atomic mass is 16.2. The van der Waals surface area contributed by atoms with Crippen LogP contribution in [-0.4, -0.2) is 17.9 Å². The number of hydrogen-bond acceptors (Lipinski definition) is 2. The summed E-state index contributed by atoms with van der Waals surface area (Å²) in [5.41, 5.74) is 1.33. The van der Waals surface area contributed by atoms with E-state index in [-0.39, 0.29) is 11.8 Å². The summed E-state index contributed by atoms with van der Waals surface area (Å²) < 4.78 is 0. The van der Waals surface area contributed by atoms with E-state index < -0.39 is 0 Å². The molecule has 1 aromatic rings. The van der Waals surface area contributed by atoms with Gasteiger partial charge in [0.25, 0.3) is 5.91 Å². The van der Waals surface area contributed by atoms with E-state index in [1.807, 2.05) is 0 Å². The first-order chi connectivity index (χ1) is 7.65. The number of amides is 2. The molecule has 0 saturated heterocycles. The van der Waals surface area contributed by atoms with Crippen molar-refractivity contribution in [3.8, 4) is 0 Å². The van der Waals surface area contributed by atoms with Gasteiger partial charge in [-0.2, -0.15) is 0 Å². The summed E-state index contributed by atoms with van der Waals surface area (Å²) in [4.78, 5) is 22.4. The topological polar surface area (TPSA) is 58.2 Å². The van der Waals surface area contributed by atoms with Crippen molar-refractivity contribution in [3.63, 3.8) is 0 Å². The first-order valence-corrected chi connectivity index (χ1v) is 5.33. The van der Waals surface area contributed by atoms with E-state index in [1.165, 1.54) is 6.92 Å². The minimum absolute atomic E-state index is 0.0446. The number of carbonyl (C=O) groups is 2. The molecule has 4 nitrogen and oxygen atoms in total. The molecule has 2 rings (SSSR count). The molecule has 0 unspecified atom stereocenters. The molecular weight excluding hydrogens is 204 g/mol. The van der Waals surface area contributed by atoms with Gasteiger partial charge in [-0.25, -0.2) is 0 Å². The van der Waals surface area contributed by atoms with Crippen LogP contribution in [-0.2, 0) is 4.79 Å². The lowest BCUT2D eigenvalue weighted by Crippen LogP contribution is -2.25. The number of anilines is 1. The van der Waals surface area contributed by atoms with Crippen LogP contribution in [0.15, 0.2) is 24.3 Å². The van der Waals surface area contributed by atoms with Crippen molar-refractivity contribution in [2.45, 2.75) is 25.8 Å². The normalized spacial score (nSPS) is 14.3. The molecule has 1 aromatic carbocycles. The molecule has 0 heterocycles. The molecule has 0 spiro atoms. The number of rotatable bonds is 3. The molecule has 0 radical (unpaired) electrons. The zero-order chi connectivity index (χ0) is 11.5. The summed E-state index contributed by atoms with van der Waals surface area (Å²) in [6, 6.07) is 7.24. The van der Waals surface area contributed by atoms with Gasteiger partial charge in [0.15, 0.2) is 0 Å². The second-order valence-electron chi connectivity index (χ2n) is 4.01. The standard InChI is InChI=1S/C12H14N2O2/c1-8(15)13-10-4-2-9(3-5-10)12(16)14-11-6-7-11/h2-5,11H,6-7H2,1H3,(H,13,15)(H,14,16). The maximum atomic E-state index is 11.6. The smallest absolute Gasteiger partial charge is 0.251 e. The van der Waals surface area contributed by atoms with E-state index in [2.05, 4.69) is 10.6 Å². The Bertz CT molecular complexity index is 408. The lowest BCUT2D eigenvalue weighted by atomic mass is 10.2. The second-order valence-corrected chi connectivity index (χ2v) is 4.01. The van der Waals surface area contributed by atoms with E-state index >= 15 is 0 Å². The number of hydrogen-bond donors (Lipinski definition) is 2. The van der Waals surface area contributed by atoms with Gasteiger partial charge < -0.3 is 10.6 Å². The molecule has 0 atom stereocenters. The van der Waals surface area contributed by atoms with Gasteiger partial charge in [-0.15, -0.1) is 0 Å². The van der Waals surface area contributed by atoms with Crippen molar-refractivity contribution in [1.29, 1.82) is 0 Å². The molecule has 0 bridgehead atoms. The Labute approximate surface area is 94.0 Å². The van der Waals surface area contributed by atoms with Crippen molar-refractivity contribution in [2.75, 3.05) is 5.32 Å². The Balaban J connectivity index is 2.00. The third-order valence-corrected chi connectivity index (χ3v) is 2.38. The largest absolute Gasteiger partial charge is 0.349 e. The minimum Gasteiger partial charge on any atom is -0.349 e. The molecule has 84 valence electrons. The Morgan fingerprint density at radius 3 is 2.31 bits per heavy atom. The summed E-state index contributed by atoms with van der Waals surface area (Å²) in [6.07, 6.45) is 2.16. The van der Waals surface area contributed by atoms with Crippen LogP contribution < -0.4 is 10.6 Å². The first kappa shape index (κ1) is 10.7. The fraction of sp³-hybridized carbons (Fsp3) is 0.333. The minimum atomic E-state index is -0.116. The van der Waals surface area contributed by atoms with Gasteiger partial charge in [0, 0.05) is 24.2 Å². The van der Waals surface area contributed by atoms with Gasteiger partial charge in [-0.3, -0.25) is 9.59 Å². The third-order valence-electron chi connectivity index (χ3n) is 2.38. The maximum absolute atomic E-state index is 11.6. The van der Waals surface area contributed by atoms with Crippen LogP contribution in [0, 0.1) is 0 Å². The molecule has 1 saturated carbocycles. The van der Waals surface area contributed by atoms with E-state index in [0.29, 0.717) is 17.3 Å². The average Bonchev–Trinajstić information content (AvgIpc) is 3.01. The van der Waals surface area contributed by atoms with Crippen molar-refractivity contribution in [1.82, 2.24) is 5.32 Å². The van der Waals surface area contributed by atoms with Gasteiger partial charge in [0.1, 0.15) is 0 Å². The summed E-state index contributed by atoms with van der Waals surface area (Å²) in [5, 5.41) is 5.56. The Hall–Kier alpha value is -1.84. The number of nitrogens with one attached hydrogen (secondary N) is 2. The van der Waals surface area contributed by atoms with E-state index in [1.54, 1.807) is 24.3 Å². The van der Waals surface area contributed by atoms with E-state index in [9.17, 15) is 9.59 Å². The van der Waals surface area contributed by atoms with Crippen molar-refractivity contribution in [3.05, 3.63) is 29.8 Å². The van der Waals surface area contributed by atoms with Crippen LogP contribution in [0.1, 0.15) is 30.1 Å². The predicted octanol–water partition coefficient (Wildman–Crippen LogP) is 1.54. The summed E-state index contributed by atoms with van der Waals surface area (Å²) >= 11 is 0. The molecule has 1 aliphatic rings. The molecule has 1 aliphatic carbocycles. The van der Waals surface area contributed by atoms with Crippen LogP contribution in [0.5, 0.6) is 0 Å². The summed E-state index contributed by atoms with van der Waals surface area (Å²) in [7, 11) is 0. The molecular formula is C12H14N2O2. The summed E-state index contributed by atoms with van der Waals surface area (Å²) in [6.45, 7) is 1.45. The average molecular weight is 218 g/mol. The number of benzene rings is 1. The van der Waals surface area contributed by atoms with Gasteiger partial charge >= 0.3 is 0 Å². The fourth-order valence-electron chi connectivity index (χ4n) is 1.40. The van der Waals surface area contributed by atoms with Gasteiger partial charge in [0.2, 0.25) is 5.91 Å². The van der Waals surface area contributed by atoms with Gasteiger partial charge in [0.05, 0.1) is 0 Å². The monoisotopic (exact) mass is 218 g/mol. The van der Waals surface area contributed by atoms with Gasteiger partial charge in [-0.1, -0.05) is 0 Å². The molecule has 2 N–H and O–H groups in total. The zero-order valence-corrected chi connectivity index (χ0v) is 9.12. The fourth-order valence-corrected chi connectivity index (χ4v) is 1.40. The highest BCUT2D eigenvalue weighted by molar-refractivity contribution is 5.95. The molecule has 16 heavy (non-hydrogen) atoms. The second kappa shape index (κ2) is 4.35. The highest BCUT2D eigenvalue weighted by Crippen LogP contribution is 2.19. The Morgan fingerprint density at radius 1 is 1.19 bits per heavy atom. The first-order valence-electron chi connectivity index (χ1n) is 5.33. The lowest BCUT2D eigenvalue weighted by molar-refractivity contribution is -0.114. The molecule has 4 heteroatoms. The Morgan fingerprint density at radius 2 is 1.81 bits per heavy atom.